The molecule has 1 atom stereocenters. The Morgan fingerprint density at radius 2 is 1.88 bits per heavy atom. The predicted octanol–water partition coefficient (Wildman–Crippen LogP) is 2.63. The fourth-order valence-corrected chi connectivity index (χ4v) is 6.48. The summed E-state index contributed by atoms with van der Waals surface area (Å²) in [5.41, 5.74) is -0.0720. The van der Waals surface area contributed by atoms with Gasteiger partial charge in [-0.2, -0.15) is 9.57 Å². The zero-order valence-electron chi connectivity index (χ0n) is 18.2. The summed E-state index contributed by atoms with van der Waals surface area (Å²) in [6.45, 7) is 3.96. The number of halogens is 2. The number of nitriles is 1. The van der Waals surface area contributed by atoms with Crippen LogP contribution in [0.15, 0.2) is 23.1 Å². The molecule has 1 heterocycles. The smallest absolute Gasteiger partial charge is 0.254 e. The number of nitrogens with zero attached hydrogens (tertiary/aromatic N) is 3. The monoisotopic (exact) mass is 468 g/mol. The van der Waals surface area contributed by atoms with Crippen LogP contribution in [0.4, 0.5) is 14.5 Å². The third-order valence-corrected chi connectivity index (χ3v) is 9.01. The number of alkyl halides is 2. The highest BCUT2D eigenvalue weighted by Gasteiger charge is 2.70. The minimum atomic E-state index is -3.73. The lowest BCUT2D eigenvalue weighted by atomic mass is 9.83. The third-order valence-electron chi connectivity index (χ3n) is 7.12. The molecule has 2 aliphatic carbocycles. The van der Waals surface area contributed by atoms with Crippen molar-refractivity contribution in [2.45, 2.75) is 62.0 Å². The topological polar surface area (TPSA) is 96.7 Å². The molecule has 176 valence electrons. The van der Waals surface area contributed by atoms with Crippen LogP contribution in [0.25, 0.3) is 0 Å². The van der Waals surface area contributed by atoms with Gasteiger partial charge >= 0.3 is 0 Å². The van der Waals surface area contributed by atoms with Gasteiger partial charge in [-0.3, -0.25) is 4.90 Å². The number of anilines is 1. The molecule has 0 amide bonds. The van der Waals surface area contributed by atoms with Gasteiger partial charge in [-0.1, -0.05) is 0 Å². The highest BCUT2D eigenvalue weighted by Crippen LogP contribution is 2.67. The van der Waals surface area contributed by atoms with Gasteiger partial charge in [0.2, 0.25) is 10.0 Å². The molecular formula is C22H30F2N4O3S. The summed E-state index contributed by atoms with van der Waals surface area (Å²) >= 11 is 0. The van der Waals surface area contributed by atoms with Crippen molar-refractivity contribution in [1.82, 2.24) is 9.21 Å². The Balaban J connectivity index is 1.44. The average Bonchev–Trinajstić information content (AvgIpc) is 3.28. The highest BCUT2D eigenvalue weighted by atomic mass is 32.2. The Morgan fingerprint density at radius 3 is 2.41 bits per heavy atom. The number of benzene rings is 1. The first kappa shape index (κ1) is 23.4. The van der Waals surface area contributed by atoms with Crippen LogP contribution in [0.2, 0.25) is 0 Å². The number of sulfonamides is 1. The summed E-state index contributed by atoms with van der Waals surface area (Å²) < 4.78 is 55.1. The summed E-state index contributed by atoms with van der Waals surface area (Å²) in [6.07, 6.45) is 1.52. The normalized spacial score (nSPS) is 29.4. The standard InChI is InChI=1S/C22H30F2N4O3S/c1-16(29)14-27-8-10-28(11-9-27)32(30,31)19-3-2-17(13-25)20(12-19)26-18-4-6-21(7-5-18)15-22(21,23)24/h2-3,12,16,18,26,29H,4-11,14-15H2,1H3. The second-order valence-electron chi connectivity index (χ2n) is 9.45. The lowest BCUT2D eigenvalue weighted by Crippen LogP contribution is -2.50. The molecule has 10 heteroatoms. The molecule has 1 aliphatic heterocycles. The first-order valence-corrected chi connectivity index (χ1v) is 12.6. The van der Waals surface area contributed by atoms with E-state index in [0.717, 1.165) is 0 Å². The van der Waals surface area contributed by atoms with Crippen LogP contribution in [0, 0.1) is 16.7 Å². The van der Waals surface area contributed by atoms with E-state index in [1.807, 2.05) is 4.90 Å². The van der Waals surface area contributed by atoms with Crippen molar-refractivity contribution in [2.75, 3.05) is 38.0 Å². The van der Waals surface area contributed by atoms with Gasteiger partial charge in [0.25, 0.3) is 5.92 Å². The van der Waals surface area contributed by atoms with Crippen LogP contribution in [0.3, 0.4) is 0 Å². The molecule has 1 aromatic carbocycles. The van der Waals surface area contributed by atoms with Crippen LogP contribution < -0.4 is 5.32 Å². The van der Waals surface area contributed by atoms with E-state index in [4.69, 9.17) is 0 Å². The predicted molar refractivity (Wildman–Crippen MR) is 116 cm³/mol. The SMILES string of the molecule is CC(O)CN1CCN(S(=O)(=O)c2ccc(C#N)c(NC3CCC4(CC3)CC4(F)F)c2)CC1. The summed E-state index contributed by atoms with van der Waals surface area (Å²) in [5, 5.41) is 22.3. The maximum atomic E-state index is 13.6. The van der Waals surface area contributed by atoms with E-state index < -0.39 is 27.5 Å². The largest absolute Gasteiger partial charge is 0.392 e. The molecule has 7 nitrogen and oxygen atoms in total. The van der Waals surface area contributed by atoms with E-state index in [0.29, 0.717) is 69.7 Å². The van der Waals surface area contributed by atoms with Crippen molar-refractivity contribution in [3.63, 3.8) is 0 Å². The number of β-amino-alcohol motifs (C(OH)–C–C–N with tert-alkyl or cyclic N) is 1. The van der Waals surface area contributed by atoms with E-state index in [2.05, 4.69) is 11.4 Å². The number of aliphatic hydroxyl groups is 1. The molecule has 2 N–H and O–H groups in total. The van der Waals surface area contributed by atoms with Crippen LogP contribution in [-0.2, 0) is 10.0 Å². The van der Waals surface area contributed by atoms with Crippen LogP contribution in [-0.4, -0.2) is 73.5 Å². The number of hydrogen-bond acceptors (Lipinski definition) is 6. The van der Waals surface area contributed by atoms with Crippen molar-refractivity contribution < 1.29 is 22.3 Å². The second-order valence-corrected chi connectivity index (χ2v) is 11.4. The summed E-state index contributed by atoms with van der Waals surface area (Å²) in [4.78, 5) is 2.14. The van der Waals surface area contributed by atoms with Crippen molar-refractivity contribution in [3.05, 3.63) is 23.8 Å². The van der Waals surface area contributed by atoms with Gasteiger partial charge in [0.1, 0.15) is 6.07 Å². The molecule has 1 aromatic rings. The molecule has 3 aliphatic rings. The Hall–Kier alpha value is -1.80. The van der Waals surface area contributed by atoms with E-state index in [-0.39, 0.29) is 17.4 Å². The molecule has 0 aromatic heterocycles. The number of nitrogens with one attached hydrogen (secondary N) is 1. The van der Waals surface area contributed by atoms with Crippen molar-refractivity contribution in [2.24, 2.45) is 5.41 Å². The average molecular weight is 469 g/mol. The molecule has 2 saturated carbocycles. The molecule has 3 fully saturated rings. The molecule has 1 saturated heterocycles. The highest BCUT2D eigenvalue weighted by molar-refractivity contribution is 7.89. The number of aliphatic hydroxyl groups excluding tert-OH is 1. The lowest BCUT2D eigenvalue weighted by Gasteiger charge is -2.34. The van der Waals surface area contributed by atoms with Crippen LogP contribution in [0.5, 0.6) is 0 Å². The molecule has 32 heavy (non-hydrogen) atoms. The molecule has 0 bridgehead atoms. The molecular weight excluding hydrogens is 438 g/mol. The lowest BCUT2D eigenvalue weighted by molar-refractivity contribution is 0.0467. The van der Waals surface area contributed by atoms with Gasteiger partial charge in [0.05, 0.1) is 22.3 Å². The van der Waals surface area contributed by atoms with Gasteiger partial charge < -0.3 is 10.4 Å². The molecule has 1 unspecified atom stereocenters. The maximum absolute atomic E-state index is 13.6. The third kappa shape index (κ3) is 4.49. The summed E-state index contributed by atoms with van der Waals surface area (Å²) in [5.74, 6) is -2.55. The zero-order chi connectivity index (χ0) is 23.1. The van der Waals surface area contributed by atoms with E-state index in [1.165, 1.54) is 22.5 Å². The Labute approximate surface area is 188 Å². The molecule has 0 radical (unpaired) electrons. The fraction of sp³-hybridized carbons (Fsp3) is 0.682. The van der Waals surface area contributed by atoms with Gasteiger partial charge in [-0.15, -0.1) is 0 Å². The van der Waals surface area contributed by atoms with Crippen molar-refractivity contribution >= 4 is 15.7 Å². The molecule has 4 rings (SSSR count). The first-order valence-electron chi connectivity index (χ1n) is 11.2. The van der Waals surface area contributed by atoms with Crippen molar-refractivity contribution in [1.29, 1.82) is 5.26 Å². The fourth-order valence-electron chi connectivity index (χ4n) is 5.03. The van der Waals surface area contributed by atoms with E-state index in [1.54, 1.807) is 6.92 Å². The minimum absolute atomic E-state index is 0.0334. The van der Waals surface area contributed by atoms with Crippen LogP contribution >= 0.6 is 0 Å². The van der Waals surface area contributed by atoms with Gasteiger partial charge in [-0.05, 0) is 50.8 Å². The summed E-state index contributed by atoms with van der Waals surface area (Å²) in [7, 11) is -3.73. The quantitative estimate of drug-likeness (QED) is 0.666. The zero-order valence-corrected chi connectivity index (χ0v) is 19.0. The number of rotatable bonds is 6. The van der Waals surface area contributed by atoms with Crippen LogP contribution in [0.1, 0.15) is 44.6 Å². The minimum Gasteiger partial charge on any atom is -0.392 e. The Kier molecular flexibility index (Phi) is 6.22. The van der Waals surface area contributed by atoms with Gasteiger partial charge in [0.15, 0.2) is 0 Å². The number of piperazine rings is 1. The van der Waals surface area contributed by atoms with E-state index in [9.17, 15) is 27.6 Å². The summed E-state index contributed by atoms with van der Waals surface area (Å²) in [6, 6.07) is 6.46. The number of hydrogen-bond donors (Lipinski definition) is 2. The Morgan fingerprint density at radius 1 is 1.25 bits per heavy atom. The Bertz CT molecular complexity index is 993. The van der Waals surface area contributed by atoms with Crippen molar-refractivity contribution in [3.8, 4) is 6.07 Å². The molecule has 1 spiro atoms. The maximum Gasteiger partial charge on any atom is 0.254 e. The van der Waals surface area contributed by atoms with E-state index >= 15 is 0 Å². The van der Waals surface area contributed by atoms with Gasteiger partial charge in [0, 0.05) is 50.6 Å². The van der Waals surface area contributed by atoms with Gasteiger partial charge in [-0.25, -0.2) is 17.2 Å². The second kappa shape index (κ2) is 8.52. The first-order chi connectivity index (χ1) is 15.1.